The minimum atomic E-state index is 0.880. The molecule has 1 heterocycles. The normalized spacial score (nSPS) is 13.1. The fourth-order valence-electron chi connectivity index (χ4n) is 0.800. The Kier molecular flexibility index (Phi) is 2.60. The third-order valence-corrected chi connectivity index (χ3v) is 2.25. The molecule has 1 aromatic heterocycles. The summed E-state index contributed by atoms with van der Waals surface area (Å²) in [7, 11) is 0. The van der Waals surface area contributed by atoms with Crippen LogP contribution in [0.1, 0.15) is 11.9 Å². The van der Waals surface area contributed by atoms with E-state index in [0.717, 1.165) is 14.9 Å². The third kappa shape index (κ3) is 2.02. The smallest absolute Gasteiger partial charge is 0.0907 e. The lowest BCUT2D eigenvalue weighted by molar-refractivity contribution is 1.24. The largest absolute Gasteiger partial charge is 0.242 e. The molecule has 0 atom stereocenters. The molecule has 11 heavy (non-hydrogen) atoms. The molecule has 0 radical (unpaired) electrons. The van der Waals surface area contributed by atoms with Crippen molar-refractivity contribution in [1.29, 1.82) is 0 Å². The number of allylic oxidation sites excluding steroid dienone is 2. The minimum absolute atomic E-state index is 0.880. The van der Waals surface area contributed by atoms with E-state index in [1.807, 2.05) is 32.1 Å². The van der Waals surface area contributed by atoms with Crippen LogP contribution in [0.5, 0.6) is 0 Å². The first-order valence-corrected chi connectivity index (χ1v) is 4.31. The summed E-state index contributed by atoms with van der Waals surface area (Å²) >= 11 is 1.67. The lowest BCUT2D eigenvalue weighted by Crippen LogP contribution is -2.17. The van der Waals surface area contributed by atoms with Gasteiger partial charge in [-0.15, -0.1) is 11.3 Å². The predicted octanol–water partition coefficient (Wildman–Crippen LogP) is 1.22. The van der Waals surface area contributed by atoms with Crippen molar-refractivity contribution in [1.82, 2.24) is 4.98 Å². The first-order valence-electron chi connectivity index (χ1n) is 3.49. The maximum Gasteiger partial charge on any atom is 0.0907 e. The summed E-state index contributed by atoms with van der Waals surface area (Å²) in [6.07, 6.45) is 6.03. The van der Waals surface area contributed by atoms with E-state index in [1.165, 1.54) is 0 Å². The highest BCUT2D eigenvalue weighted by Gasteiger charge is 1.88. The molecular formula is C9H11NS. The van der Waals surface area contributed by atoms with Crippen LogP contribution in [0.3, 0.4) is 0 Å². The highest BCUT2D eigenvalue weighted by Crippen LogP contribution is 1.89. The molecule has 0 fully saturated rings. The van der Waals surface area contributed by atoms with Gasteiger partial charge in [0.1, 0.15) is 0 Å². The Bertz CT molecular complexity index is 359. The van der Waals surface area contributed by atoms with Crippen molar-refractivity contribution in [3.05, 3.63) is 27.0 Å². The van der Waals surface area contributed by atoms with Crippen LogP contribution < -0.4 is 9.88 Å². The quantitative estimate of drug-likeness (QED) is 0.609. The van der Waals surface area contributed by atoms with E-state index in [9.17, 15) is 0 Å². The molecule has 0 aromatic carbocycles. The lowest BCUT2D eigenvalue weighted by atomic mass is 10.5. The maximum atomic E-state index is 4.21. The maximum absolute atomic E-state index is 4.21. The third-order valence-electron chi connectivity index (χ3n) is 1.27. The van der Waals surface area contributed by atoms with Gasteiger partial charge < -0.3 is 0 Å². The Balaban J connectivity index is 3.23. The lowest BCUT2D eigenvalue weighted by Gasteiger charge is -1.70. The second kappa shape index (κ2) is 3.49. The van der Waals surface area contributed by atoms with Crippen LogP contribution in [0.25, 0.3) is 12.7 Å². The first-order chi connectivity index (χ1) is 5.24. The van der Waals surface area contributed by atoms with Crippen LogP contribution in [0.15, 0.2) is 12.2 Å². The van der Waals surface area contributed by atoms with Crippen molar-refractivity contribution in [2.45, 2.75) is 13.8 Å². The number of nitrogens with zero attached hydrogens (tertiary/aromatic N) is 1. The van der Waals surface area contributed by atoms with E-state index in [1.54, 1.807) is 11.3 Å². The summed E-state index contributed by atoms with van der Waals surface area (Å²) < 4.78 is 1.15. The second-order valence-electron chi connectivity index (χ2n) is 2.24. The standard InChI is InChI=1S/C9H11NS/c1-4-5-6-9-7(2)10-8(3)11-9/h4-6H,2H2,1,3H3/b5-4-,9-6+. The number of hydrogen-bond acceptors (Lipinski definition) is 2. The monoisotopic (exact) mass is 165 g/mol. The molecule has 0 amide bonds. The number of aromatic nitrogens is 1. The van der Waals surface area contributed by atoms with E-state index >= 15 is 0 Å². The molecule has 58 valence electrons. The zero-order valence-electron chi connectivity index (χ0n) is 6.79. The van der Waals surface area contributed by atoms with Gasteiger partial charge in [0.05, 0.1) is 14.9 Å². The van der Waals surface area contributed by atoms with E-state index in [4.69, 9.17) is 0 Å². The number of thiazole rings is 1. The Morgan fingerprint density at radius 2 is 2.27 bits per heavy atom. The molecule has 1 aromatic rings. The minimum Gasteiger partial charge on any atom is -0.242 e. The van der Waals surface area contributed by atoms with Crippen LogP contribution in [0.4, 0.5) is 0 Å². The second-order valence-corrected chi connectivity index (χ2v) is 3.47. The van der Waals surface area contributed by atoms with Crippen molar-refractivity contribution in [3.63, 3.8) is 0 Å². The van der Waals surface area contributed by atoms with Crippen LogP contribution in [0, 0.1) is 6.92 Å². The van der Waals surface area contributed by atoms with E-state index < -0.39 is 0 Å². The molecule has 0 saturated carbocycles. The zero-order chi connectivity index (χ0) is 8.27. The Labute approximate surface area is 70.4 Å². The van der Waals surface area contributed by atoms with Crippen molar-refractivity contribution in [2.24, 2.45) is 0 Å². The topological polar surface area (TPSA) is 12.9 Å². The summed E-state index contributed by atoms with van der Waals surface area (Å²) in [5.41, 5.74) is 0. The summed E-state index contributed by atoms with van der Waals surface area (Å²) in [6.45, 7) is 7.81. The van der Waals surface area contributed by atoms with Crippen LogP contribution in [-0.4, -0.2) is 4.98 Å². The zero-order valence-corrected chi connectivity index (χ0v) is 7.61. The van der Waals surface area contributed by atoms with Gasteiger partial charge in [0.15, 0.2) is 0 Å². The molecule has 0 aliphatic rings. The molecule has 1 rings (SSSR count). The van der Waals surface area contributed by atoms with Gasteiger partial charge in [-0.25, -0.2) is 4.98 Å². The highest BCUT2D eigenvalue weighted by atomic mass is 32.1. The number of aryl methyl sites for hydroxylation is 1. The van der Waals surface area contributed by atoms with Gasteiger partial charge >= 0.3 is 0 Å². The molecule has 0 unspecified atom stereocenters. The number of rotatable bonds is 1. The average molecular weight is 165 g/mol. The predicted molar refractivity (Wildman–Crippen MR) is 50.9 cm³/mol. The summed E-state index contributed by atoms with van der Waals surface area (Å²) in [5.74, 6) is 0. The van der Waals surface area contributed by atoms with E-state index in [-0.39, 0.29) is 0 Å². The van der Waals surface area contributed by atoms with Crippen molar-refractivity contribution in [2.75, 3.05) is 0 Å². The summed E-state index contributed by atoms with van der Waals surface area (Å²) in [6, 6.07) is 0. The Morgan fingerprint density at radius 3 is 2.73 bits per heavy atom. The SMILES string of the molecule is C=c1nc(C)s/c1=C/C=C\C. The van der Waals surface area contributed by atoms with Gasteiger partial charge in [-0.1, -0.05) is 18.7 Å². The molecule has 0 spiro atoms. The van der Waals surface area contributed by atoms with Gasteiger partial charge in [-0.2, -0.15) is 0 Å². The van der Waals surface area contributed by atoms with Gasteiger partial charge in [-0.05, 0) is 19.9 Å². The van der Waals surface area contributed by atoms with Gasteiger partial charge in [0.2, 0.25) is 0 Å². The Hall–Kier alpha value is -0.890. The fraction of sp³-hybridized carbons (Fsp3) is 0.222. The molecular weight excluding hydrogens is 154 g/mol. The molecule has 2 heteroatoms. The highest BCUT2D eigenvalue weighted by molar-refractivity contribution is 7.09. The van der Waals surface area contributed by atoms with Gasteiger partial charge in [0, 0.05) is 0 Å². The molecule has 0 saturated heterocycles. The molecule has 0 aliphatic heterocycles. The van der Waals surface area contributed by atoms with Crippen molar-refractivity contribution >= 4 is 24.0 Å². The first kappa shape index (κ1) is 8.21. The summed E-state index contributed by atoms with van der Waals surface area (Å²) in [4.78, 5) is 4.21. The fourth-order valence-corrected chi connectivity index (χ4v) is 1.58. The summed E-state index contributed by atoms with van der Waals surface area (Å²) in [5, 5.41) is 1.95. The molecule has 0 bridgehead atoms. The van der Waals surface area contributed by atoms with Crippen molar-refractivity contribution < 1.29 is 0 Å². The van der Waals surface area contributed by atoms with E-state index in [2.05, 4.69) is 11.6 Å². The van der Waals surface area contributed by atoms with Crippen LogP contribution in [-0.2, 0) is 0 Å². The van der Waals surface area contributed by atoms with Gasteiger partial charge in [-0.3, -0.25) is 0 Å². The van der Waals surface area contributed by atoms with Gasteiger partial charge in [0.25, 0.3) is 0 Å². The van der Waals surface area contributed by atoms with E-state index in [0.29, 0.717) is 0 Å². The number of hydrogen-bond donors (Lipinski definition) is 0. The molecule has 0 aliphatic carbocycles. The van der Waals surface area contributed by atoms with Crippen LogP contribution in [0.2, 0.25) is 0 Å². The average Bonchev–Trinajstić information content (AvgIpc) is 2.26. The Morgan fingerprint density at radius 1 is 1.55 bits per heavy atom. The molecule has 1 nitrogen and oxygen atoms in total. The van der Waals surface area contributed by atoms with Crippen LogP contribution >= 0.6 is 11.3 Å². The molecule has 0 N–H and O–H groups in total. The van der Waals surface area contributed by atoms with Crippen molar-refractivity contribution in [3.8, 4) is 0 Å².